The van der Waals surface area contributed by atoms with Crippen molar-refractivity contribution in [3.05, 3.63) is 54.8 Å². The molecule has 0 radical (unpaired) electrons. The van der Waals surface area contributed by atoms with Gasteiger partial charge in [-0.25, -0.2) is 8.42 Å². The van der Waals surface area contributed by atoms with E-state index in [0.29, 0.717) is 42.1 Å². The van der Waals surface area contributed by atoms with E-state index in [2.05, 4.69) is 22.1 Å². The normalized spacial score (nSPS) is 11.6. The monoisotopic (exact) mass is 489 g/mol. The largest absolute Gasteiger partial charge is 0.461 e. The molecular formula is C22H27N5O4S2. The lowest BCUT2D eigenvalue weighted by Crippen LogP contribution is -2.30. The molecule has 3 rings (SSSR count). The smallest absolute Gasteiger partial charge is 0.243 e. The van der Waals surface area contributed by atoms with E-state index in [1.54, 1.807) is 38.3 Å². The summed E-state index contributed by atoms with van der Waals surface area (Å²) in [6.45, 7) is 10.5. The molecule has 0 fully saturated rings. The van der Waals surface area contributed by atoms with Gasteiger partial charge in [0.1, 0.15) is 0 Å². The quantitative estimate of drug-likeness (QED) is 0.322. The molecular weight excluding hydrogens is 462 g/mol. The number of thioether (sulfide) groups is 1. The molecule has 9 nitrogen and oxygen atoms in total. The van der Waals surface area contributed by atoms with Crippen molar-refractivity contribution < 1.29 is 17.6 Å². The third-order valence-electron chi connectivity index (χ3n) is 4.89. The summed E-state index contributed by atoms with van der Waals surface area (Å²) in [7, 11) is -3.61. The number of carbonyl (C=O) groups excluding carboxylic acids is 1. The van der Waals surface area contributed by atoms with Crippen molar-refractivity contribution in [3.8, 4) is 11.6 Å². The molecule has 0 aliphatic heterocycles. The minimum Gasteiger partial charge on any atom is -0.461 e. The number of benzene rings is 1. The number of furan rings is 1. The van der Waals surface area contributed by atoms with Crippen LogP contribution in [-0.2, 0) is 21.4 Å². The fraction of sp³-hybridized carbons (Fsp3) is 0.318. The molecule has 0 saturated carbocycles. The number of nitrogens with zero attached hydrogens (tertiary/aromatic N) is 4. The van der Waals surface area contributed by atoms with Crippen molar-refractivity contribution in [2.75, 3.05) is 24.2 Å². The predicted octanol–water partition coefficient (Wildman–Crippen LogP) is 3.79. The lowest BCUT2D eigenvalue weighted by Gasteiger charge is -2.18. The van der Waals surface area contributed by atoms with Gasteiger partial charge in [-0.15, -0.1) is 16.8 Å². The Kier molecular flexibility index (Phi) is 8.11. The highest BCUT2D eigenvalue weighted by molar-refractivity contribution is 7.99. The number of aryl methyl sites for hydroxylation is 1. The lowest BCUT2D eigenvalue weighted by molar-refractivity contribution is -0.113. The maximum Gasteiger partial charge on any atom is 0.243 e. The van der Waals surface area contributed by atoms with Crippen LogP contribution < -0.4 is 5.32 Å². The molecule has 3 aromatic rings. The van der Waals surface area contributed by atoms with Crippen LogP contribution in [0.25, 0.3) is 11.6 Å². The van der Waals surface area contributed by atoms with Gasteiger partial charge in [0.15, 0.2) is 10.9 Å². The zero-order valence-electron chi connectivity index (χ0n) is 18.8. The molecule has 1 amide bonds. The Bertz CT molecular complexity index is 1230. The summed E-state index contributed by atoms with van der Waals surface area (Å²) in [5.41, 5.74) is 1.34. The molecule has 176 valence electrons. The number of rotatable bonds is 11. The highest BCUT2D eigenvalue weighted by Gasteiger charge is 2.22. The third-order valence-corrected chi connectivity index (χ3v) is 7.90. The second kappa shape index (κ2) is 10.8. The van der Waals surface area contributed by atoms with E-state index < -0.39 is 10.0 Å². The maximum atomic E-state index is 12.7. The van der Waals surface area contributed by atoms with Crippen molar-refractivity contribution in [2.24, 2.45) is 0 Å². The molecule has 0 bridgehead atoms. The van der Waals surface area contributed by atoms with Gasteiger partial charge in [0.25, 0.3) is 0 Å². The van der Waals surface area contributed by atoms with Crippen molar-refractivity contribution >= 4 is 33.4 Å². The van der Waals surface area contributed by atoms with Crippen LogP contribution in [0, 0.1) is 6.92 Å². The summed E-state index contributed by atoms with van der Waals surface area (Å²) in [4.78, 5) is 12.7. The number of allylic oxidation sites excluding steroid dienone is 1. The van der Waals surface area contributed by atoms with E-state index in [4.69, 9.17) is 4.42 Å². The Balaban J connectivity index is 1.71. The van der Waals surface area contributed by atoms with E-state index in [1.165, 1.54) is 28.2 Å². The van der Waals surface area contributed by atoms with Crippen molar-refractivity contribution in [1.82, 2.24) is 19.1 Å². The highest BCUT2D eigenvalue weighted by atomic mass is 32.2. The third kappa shape index (κ3) is 5.55. The van der Waals surface area contributed by atoms with Gasteiger partial charge in [0, 0.05) is 25.3 Å². The molecule has 0 saturated heterocycles. The van der Waals surface area contributed by atoms with Crippen LogP contribution in [0.1, 0.15) is 19.4 Å². The molecule has 2 aromatic heterocycles. The summed E-state index contributed by atoms with van der Waals surface area (Å²) >= 11 is 1.22. The second-order valence-electron chi connectivity index (χ2n) is 7.09. The van der Waals surface area contributed by atoms with Crippen LogP contribution in [0.4, 0.5) is 5.69 Å². The minimum atomic E-state index is -3.61. The summed E-state index contributed by atoms with van der Waals surface area (Å²) in [6, 6.07) is 8.10. The first-order chi connectivity index (χ1) is 15.8. The molecule has 0 aliphatic carbocycles. The van der Waals surface area contributed by atoms with Gasteiger partial charge in [-0.1, -0.05) is 37.8 Å². The van der Waals surface area contributed by atoms with Gasteiger partial charge in [-0.05, 0) is 36.8 Å². The SMILES string of the molecule is C=CCn1c(SCC(=O)Nc2cccc(S(=O)(=O)N(CC)CC)c2)nnc1-c1occc1C. The van der Waals surface area contributed by atoms with E-state index in [-0.39, 0.29) is 16.6 Å². The first kappa shape index (κ1) is 24.7. The van der Waals surface area contributed by atoms with Gasteiger partial charge in [0.05, 0.1) is 16.9 Å². The Morgan fingerprint density at radius 3 is 2.67 bits per heavy atom. The Morgan fingerprint density at radius 2 is 2.03 bits per heavy atom. The number of carbonyl (C=O) groups is 1. The van der Waals surface area contributed by atoms with E-state index >= 15 is 0 Å². The van der Waals surface area contributed by atoms with Gasteiger partial charge >= 0.3 is 0 Å². The van der Waals surface area contributed by atoms with E-state index in [1.807, 2.05) is 17.6 Å². The zero-order chi connectivity index (χ0) is 24.0. The average Bonchev–Trinajstić information content (AvgIpc) is 3.39. The van der Waals surface area contributed by atoms with Crippen LogP contribution in [0.15, 0.2) is 63.7 Å². The van der Waals surface area contributed by atoms with E-state index in [9.17, 15) is 13.2 Å². The van der Waals surface area contributed by atoms with Crippen LogP contribution in [-0.4, -0.2) is 52.2 Å². The maximum absolute atomic E-state index is 12.7. The van der Waals surface area contributed by atoms with Gasteiger partial charge in [0.2, 0.25) is 21.8 Å². The number of sulfonamides is 1. The van der Waals surface area contributed by atoms with Gasteiger partial charge < -0.3 is 9.73 Å². The first-order valence-corrected chi connectivity index (χ1v) is 12.9. The van der Waals surface area contributed by atoms with Crippen molar-refractivity contribution in [1.29, 1.82) is 0 Å². The standard InChI is InChI=1S/C22H27N5O4S2/c1-5-12-27-21(20-16(4)11-13-31-20)24-25-22(27)32-15-19(28)23-17-9-8-10-18(14-17)33(29,30)26(6-2)7-3/h5,8-11,13-14H,1,6-7,12,15H2,2-4H3,(H,23,28). The Morgan fingerprint density at radius 1 is 1.27 bits per heavy atom. The average molecular weight is 490 g/mol. The van der Waals surface area contributed by atoms with Crippen molar-refractivity contribution in [2.45, 2.75) is 37.4 Å². The van der Waals surface area contributed by atoms with Crippen LogP contribution in [0.5, 0.6) is 0 Å². The lowest BCUT2D eigenvalue weighted by atomic mass is 10.3. The Labute approximate surface area is 197 Å². The number of amides is 1. The molecule has 33 heavy (non-hydrogen) atoms. The van der Waals surface area contributed by atoms with Crippen LogP contribution >= 0.6 is 11.8 Å². The molecule has 11 heteroatoms. The topological polar surface area (TPSA) is 110 Å². The van der Waals surface area contributed by atoms with Crippen molar-refractivity contribution in [3.63, 3.8) is 0 Å². The number of anilines is 1. The zero-order valence-corrected chi connectivity index (χ0v) is 20.4. The second-order valence-corrected chi connectivity index (χ2v) is 9.97. The number of hydrogen-bond acceptors (Lipinski definition) is 7. The number of hydrogen-bond donors (Lipinski definition) is 1. The molecule has 0 unspecified atom stereocenters. The summed E-state index contributed by atoms with van der Waals surface area (Å²) in [6.07, 6.45) is 3.31. The number of aromatic nitrogens is 3. The fourth-order valence-electron chi connectivity index (χ4n) is 3.23. The summed E-state index contributed by atoms with van der Waals surface area (Å²) < 4.78 is 34.2. The fourth-order valence-corrected chi connectivity index (χ4v) is 5.49. The molecule has 0 aliphatic rings. The molecule has 2 heterocycles. The summed E-state index contributed by atoms with van der Waals surface area (Å²) in [5, 5.41) is 11.7. The first-order valence-electron chi connectivity index (χ1n) is 10.4. The summed E-state index contributed by atoms with van der Waals surface area (Å²) in [5.74, 6) is 0.960. The molecule has 1 N–H and O–H groups in total. The highest BCUT2D eigenvalue weighted by Crippen LogP contribution is 2.27. The van der Waals surface area contributed by atoms with E-state index in [0.717, 1.165) is 5.56 Å². The minimum absolute atomic E-state index is 0.0689. The van der Waals surface area contributed by atoms with Gasteiger partial charge in [-0.3, -0.25) is 9.36 Å². The molecule has 1 aromatic carbocycles. The molecule has 0 spiro atoms. The van der Waals surface area contributed by atoms with Crippen LogP contribution in [0.2, 0.25) is 0 Å². The predicted molar refractivity (Wildman–Crippen MR) is 129 cm³/mol. The number of nitrogens with one attached hydrogen (secondary N) is 1. The van der Waals surface area contributed by atoms with Gasteiger partial charge in [-0.2, -0.15) is 4.31 Å². The van der Waals surface area contributed by atoms with Crippen LogP contribution in [0.3, 0.4) is 0 Å². The Hall–Kier alpha value is -2.89. The molecule has 0 atom stereocenters.